The van der Waals surface area contributed by atoms with Crippen LogP contribution in [0.15, 0.2) is 54.6 Å². The number of aryl methyl sites for hydroxylation is 1. The Balaban J connectivity index is 1.61. The van der Waals surface area contributed by atoms with E-state index >= 15 is 0 Å². The highest BCUT2D eigenvalue weighted by molar-refractivity contribution is 5.94. The summed E-state index contributed by atoms with van der Waals surface area (Å²) in [6.45, 7) is 2.67. The first kappa shape index (κ1) is 16.5. The predicted molar refractivity (Wildman–Crippen MR) is 89.5 cm³/mol. The van der Waals surface area contributed by atoms with E-state index < -0.39 is 6.09 Å². The Kier molecular flexibility index (Phi) is 6.17. The summed E-state index contributed by atoms with van der Waals surface area (Å²) in [6, 6.07) is 16.4. The maximum atomic E-state index is 11.8. The molecule has 2 amide bonds. The average Bonchev–Trinajstić information content (AvgIpc) is 2.57. The van der Waals surface area contributed by atoms with Crippen LogP contribution in [0, 0.1) is 6.92 Å². The fourth-order valence-electron chi connectivity index (χ4n) is 1.92. The van der Waals surface area contributed by atoms with E-state index in [2.05, 4.69) is 10.6 Å². The van der Waals surface area contributed by atoms with Gasteiger partial charge in [-0.05, 0) is 37.6 Å². The van der Waals surface area contributed by atoms with E-state index in [0.717, 1.165) is 5.56 Å². The van der Waals surface area contributed by atoms with Gasteiger partial charge in [0.15, 0.2) is 0 Å². The number of hydrogen-bond donors (Lipinski definition) is 2. The topological polar surface area (TPSA) is 67.4 Å². The second-order valence-corrected chi connectivity index (χ2v) is 5.10. The summed E-state index contributed by atoms with van der Waals surface area (Å²) < 4.78 is 5.06. The molecule has 5 nitrogen and oxygen atoms in total. The predicted octanol–water partition coefficient (Wildman–Crippen LogP) is 3.36. The van der Waals surface area contributed by atoms with Gasteiger partial charge in [-0.2, -0.15) is 0 Å². The lowest BCUT2D eigenvalue weighted by Crippen LogP contribution is -2.25. The van der Waals surface area contributed by atoms with Crippen LogP contribution in [-0.4, -0.2) is 25.2 Å². The molecule has 0 saturated carbocycles. The zero-order chi connectivity index (χ0) is 16.5. The molecule has 0 bridgehead atoms. The first-order valence-electron chi connectivity index (χ1n) is 7.49. The van der Waals surface area contributed by atoms with Crippen LogP contribution in [0.2, 0.25) is 0 Å². The van der Waals surface area contributed by atoms with Crippen LogP contribution in [0.4, 0.5) is 10.5 Å². The molecule has 0 unspecified atom stereocenters. The fraction of sp³-hybridized carbons (Fsp3) is 0.222. The number of anilines is 1. The Hall–Kier alpha value is -2.82. The Bertz CT molecular complexity index is 639. The van der Waals surface area contributed by atoms with Gasteiger partial charge in [-0.1, -0.05) is 35.9 Å². The van der Waals surface area contributed by atoms with Crippen molar-refractivity contribution in [2.75, 3.05) is 18.5 Å². The molecule has 2 aromatic rings. The van der Waals surface area contributed by atoms with Crippen molar-refractivity contribution in [1.82, 2.24) is 5.32 Å². The molecule has 0 aliphatic rings. The second kappa shape index (κ2) is 8.58. The minimum Gasteiger partial charge on any atom is -0.449 e. The number of amides is 2. The molecule has 0 fully saturated rings. The van der Waals surface area contributed by atoms with Gasteiger partial charge < -0.3 is 10.1 Å². The van der Waals surface area contributed by atoms with Crippen molar-refractivity contribution < 1.29 is 14.3 Å². The summed E-state index contributed by atoms with van der Waals surface area (Å²) in [4.78, 5) is 23.4. The summed E-state index contributed by atoms with van der Waals surface area (Å²) in [7, 11) is 0. The Morgan fingerprint density at radius 1 is 1.00 bits per heavy atom. The second-order valence-electron chi connectivity index (χ2n) is 5.10. The van der Waals surface area contributed by atoms with Crippen LogP contribution in [0.25, 0.3) is 0 Å². The van der Waals surface area contributed by atoms with Crippen LogP contribution in [0.3, 0.4) is 0 Å². The molecular weight excluding hydrogens is 292 g/mol. The van der Waals surface area contributed by atoms with Crippen molar-refractivity contribution >= 4 is 17.7 Å². The minimum absolute atomic E-state index is 0.130. The van der Waals surface area contributed by atoms with Gasteiger partial charge in [0.05, 0.1) is 6.61 Å². The van der Waals surface area contributed by atoms with Crippen molar-refractivity contribution in [3.05, 3.63) is 65.7 Å². The number of carbonyl (C=O) groups is 2. The molecule has 23 heavy (non-hydrogen) atoms. The molecule has 120 valence electrons. The Morgan fingerprint density at radius 2 is 1.70 bits per heavy atom. The maximum absolute atomic E-state index is 11.8. The average molecular weight is 312 g/mol. The van der Waals surface area contributed by atoms with Crippen LogP contribution in [0.5, 0.6) is 0 Å². The third kappa shape index (κ3) is 5.82. The molecule has 2 aromatic carbocycles. The van der Waals surface area contributed by atoms with Crippen molar-refractivity contribution in [2.45, 2.75) is 13.3 Å². The molecule has 5 heteroatoms. The standard InChI is InChI=1S/C18H20N2O3/c1-14-8-10-16(11-9-14)20-18(22)23-13-5-12-19-17(21)15-6-3-2-4-7-15/h2-4,6-11H,5,12-13H2,1H3,(H,19,21)(H,20,22). The van der Waals surface area contributed by atoms with E-state index in [9.17, 15) is 9.59 Å². The molecule has 0 spiro atoms. The van der Waals surface area contributed by atoms with E-state index in [-0.39, 0.29) is 12.5 Å². The third-order valence-corrected chi connectivity index (χ3v) is 3.17. The van der Waals surface area contributed by atoms with Gasteiger partial charge in [0.1, 0.15) is 0 Å². The molecule has 2 N–H and O–H groups in total. The highest BCUT2D eigenvalue weighted by Gasteiger charge is 2.05. The first-order valence-corrected chi connectivity index (χ1v) is 7.49. The SMILES string of the molecule is Cc1ccc(NC(=O)OCCCNC(=O)c2ccccc2)cc1. The van der Waals surface area contributed by atoms with Crippen molar-refractivity contribution in [2.24, 2.45) is 0 Å². The normalized spacial score (nSPS) is 9.96. The number of ether oxygens (including phenoxy) is 1. The van der Waals surface area contributed by atoms with Crippen molar-refractivity contribution in [1.29, 1.82) is 0 Å². The van der Waals surface area contributed by atoms with E-state index in [1.165, 1.54) is 0 Å². The number of nitrogens with one attached hydrogen (secondary N) is 2. The van der Waals surface area contributed by atoms with Gasteiger partial charge in [-0.3, -0.25) is 10.1 Å². The van der Waals surface area contributed by atoms with E-state index in [4.69, 9.17) is 4.74 Å². The Morgan fingerprint density at radius 3 is 2.39 bits per heavy atom. The number of carbonyl (C=O) groups excluding carboxylic acids is 2. The smallest absolute Gasteiger partial charge is 0.411 e. The lowest BCUT2D eigenvalue weighted by molar-refractivity contribution is 0.0950. The van der Waals surface area contributed by atoms with Crippen LogP contribution < -0.4 is 10.6 Å². The van der Waals surface area contributed by atoms with Gasteiger partial charge >= 0.3 is 6.09 Å². The molecule has 0 heterocycles. The molecule has 0 aromatic heterocycles. The third-order valence-electron chi connectivity index (χ3n) is 3.17. The number of hydrogen-bond acceptors (Lipinski definition) is 3. The van der Waals surface area contributed by atoms with Crippen LogP contribution in [0.1, 0.15) is 22.3 Å². The molecule has 0 radical (unpaired) electrons. The van der Waals surface area contributed by atoms with Crippen LogP contribution >= 0.6 is 0 Å². The zero-order valence-electron chi connectivity index (χ0n) is 13.0. The van der Waals surface area contributed by atoms with Gasteiger partial charge in [-0.25, -0.2) is 4.79 Å². The quantitative estimate of drug-likeness (QED) is 0.804. The van der Waals surface area contributed by atoms with Gasteiger partial charge in [-0.15, -0.1) is 0 Å². The number of benzene rings is 2. The molecule has 0 saturated heterocycles. The molecule has 0 aliphatic heterocycles. The van der Waals surface area contributed by atoms with E-state index in [1.54, 1.807) is 12.1 Å². The number of rotatable bonds is 6. The van der Waals surface area contributed by atoms with Gasteiger partial charge in [0.2, 0.25) is 0 Å². The highest BCUT2D eigenvalue weighted by atomic mass is 16.5. The van der Waals surface area contributed by atoms with Crippen LogP contribution in [-0.2, 0) is 4.74 Å². The van der Waals surface area contributed by atoms with Gasteiger partial charge in [0, 0.05) is 17.8 Å². The fourth-order valence-corrected chi connectivity index (χ4v) is 1.92. The molecule has 0 aliphatic carbocycles. The molecule has 0 atom stereocenters. The Labute approximate surface area is 135 Å². The molecule has 2 rings (SSSR count). The van der Waals surface area contributed by atoms with Gasteiger partial charge in [0.25, 0.3) is 5.91 Å². The summed E-state index contributed by atoms with van der Waals surface area (Å²) in [6.07, 6.45) is 0.0584. The first-order chi connectivity index (χ1) is 11.1. The highest BCUT2D eigenvalue weighted by Crippen LogP contribution is 2.08. The minimum atomic E-state index is -0.497. The summed E-state index contributed by atoms with van der Waals surface area (Å²) in [5.41, 5.74) is 2.43. The zero-order valence-corrected chi connectivity index (χ0v) is 13.0. The van der Waals surface area contributed by atoms with Crippen molar-refractivity contribution in [3.8, 4) is 0 Å². The summed E-state index contributed by atoms with van der Waals surface area (Å²) in [5.74, 6) is -0.130. The molecular formula is C18H20N2O3. The maximum Gasteiger partial charge on any atom is 0.411 e. The summed E-state index contributed by atoms with van der Waals surface area (Å²) >= 11 is 0. The lowest BCUT2D eigenvalue weighted by atomic mass is 10.2. The largest absolute Gasteiger partial charge is 0.449 e. The van der Waals surface area contributed by atoms with Crippen molar-refractivity contribution in [3.63, 3.8) is 0 Å². The lowest BCUT2D eigenvalue weighted by Gasteiger charge is -2.08. The monoisotopic (exact) mass is 312 g/mol. The van der Waals surface area contributed by atoms with E-state index in [1.807, 2.05) is 49.4 Å². The summed E-state index contributed by atoms with van der Waals surface area (Å²) in [5, 5.41) is 5.42. The van der Waals surface area contributed by atoms with E-state index in [0.29, 0.717) is 24.2 Å².